The van der Waals surface area contributed by atoms with Gasteiger partial charge in [-0.25, -0.2) is 0 Å². The van der Waals surface area contributed by atoms with Crippen molar-refractivity contribution in [1.29, 1.82) is 0 Å². The topological polar surface area (TPSA) is 228 Å². The maximum atomic E-state index is 13.2. The molecule has 0 saturated carbocycles. The molecule has 0 spiro atoms. The van der Waals surface area contributed by atoms with Crippen LogP contribution in [0, 0.1) is 0 Å². The molecule has 2 saturated heterocycles. The van der Waals surface area contributed by atoms with Crippen LogP contribution in [0.2, 0.25) is 0 Å². The zero-order valence-corrected chi connectivity index (χ0v) is 42.0. The molecule has 12 unspecified atom stereocenters. The van der Waals surface area contributed by atoms with Crippen molar-refractivity contribution in [2.24, 2.45) is 0 Å². The molecular formula is C55H93NO13. The minimum Gasteiger partial charge on any atom is -0.394 e. The van der Waals surface area contributed by atoms with Crippen LogP contribution >= 0.6 is 0 Å². The van der Waals surface area contributed by atoms with Crippen LogP contribution in [0.15, 0.2) is 85.1 Å². The predicted molar refractivity (Wildman–Crippen MR) is 272 cm³/mol. The van der Waals surface area contributed by atoms with Crippen molar-refractivity contribution in [3.8, 4) is 0 Å². The molecule has 2 aliphatic rings. The second-order valence-electron chi connectivity index (χ2n) is 18.3. The van der Waals surface area contributed by atoms with Crippen LogP contribution in [0.5, 0.6) is 0 Å². The molecule has 69 heavy (non-hydrogen) atoms. The lowest BCUT2D eigenvalue weighted by Gasteiger charge is -2.46. The van der Waals surface area contributed by atoms with Gasteiger partial charge in [-0.15, -0.1) is 0 Å². The van der Waals surface area contributed by atoms with Crippen molar-refractivity contribution in [1.82, 2.24) is 5.32 Å². The molecule has 0 aromatic rings. The number of allylic oxidation sites excluding steroid dienone is 13. The van der Waals surface area contributed by atoms with Crippen molar-refractivity contribution in [2.75, 3.05) is 19.8 Å². The molecule has 14 nitrogen and oxygen atoms in total. The first kappa shape index (κ1) is 62.3. The minimum absolute atomic E-state index is 0.258. The van der Waals surface area contributed by atoms with Gasteiger partial charge in [0, 0.05) is 6.42 Å². The number of unbranched alkanes of at least 4 members (excludes halogenated alkanes) is 14. The highest BCUT2D eigenvalue weighted by Crippen LogP contribution is 2.30. The van der Waals surface area contributed by atoms with Gasteiger partial charge in [0.05, 0.1) is 32.0 Å². The summed E-state index contributed by atoms with van der Waals surface area (Å²) < 4.78 is 22.7. The molecule has 0 aromatic heterocycles. The monoisotopic (exact) mass is 976 g/mol. The van der Waals surface area contributed by atoms with Crippen molar-refractivity contribution in [3.63, 3.8) is 0 Å². The summed E-state index contributed by atoms with van der Waals surface area (Å²) in [5, 5.41) is 86.7. The van der Waals surface area contributed by atoms with Gasteiger partial charge in [0.15, 0.2) is 12.6 Å². The van der Waals surface area contributed by atoms with Crippen LogP contribution < -0.4 is 5.32 Å². The first-order chi connectivity index (χ1) is 33.6. The zero-order chi connectivity index (χ0) is 50.3. The Morgan fingerprint density at radius 2 is 1.00 bits per heavy atom. The Balaban J connectivity index is 1.77. The number of aliphatic hydroxyl groups excluding tert-OH is 8. The number of amides is 1. The number of carbonyl (C=O) groups is 1. The maximum Gasteiger partial charge on any atom is 0.220 e. The van der Waals surface area contributed by atoms with Crippen molar-refractivity contribution < 1.29 is 64.6 Å². The average molecular weight is 976 g/mol. The highest BCUT2D eigenvalue weighted by Gasteiger charge is 2.51. The summed E-state index contributed by atoms with van der Waals surface area (Å²) in [5.41, 5.74) is 0. The lowest BCUT2D eigenvalue weighted by atomic mass is 9.97. The van der Waals surface area contributed by atoms with Crippen LogP contribution in [-0.2, 0) is 23.7 Å². The number of nitrogens with one attached hydrogen (secondary N) is 1. The Kier molecular flexibility index (Phi) is 36.8. The van der Waals surface area contributed by atoms with Crippen molar-refractivity contribution >= 4 is 5.91 Å². The second-order valence-corrected chi connectivity index (χ2v) is 18.3. The Labute approximate surface area is 414 Å². The third-order valence-electron chi connectivity index (χ3n) is 12.3. The number of carbonyl (C=O) groups excluding carboxylic acids is 1. The normalized spacial score (nSPS) is 26.9. The lowest BCUT2D eigenvalue weighted by molar-refractivity contribution is -0.359. The van der Waals surface area contributed by atoms with E-state index in [1.807, 2.05) is 6.08 Å². The van der Waals surface area contributed by atoms with Gasteiger partial charge in [-0.2, -0.15) is 0 Å². The van der Waals surface area contributed by atoms with Crippen LogP contribution in [-0.4, -0.2) is 140 Å². The maximum absolute atomic E-state index is 13.2. The van der Waals surface area contributed by atoms with E-state index in [-0.39, 0.29) is 18.9 Å². The van der Waals surface area contributed by atoms with E-state index >= 15 is 0 Å². The summed E-state index contributed by atoms with van der Waals surface area (Å²) in [5.74, 6) is -0.261. The molecule has 2 heterocycles. The molecule has 2 rings (SSSR count). The fourth-order valence-corrected chi connectivity index (χ4v) is 8.06. The number of hydrogen-bond donors (Lipinski definition) is 9. The highest BCUT2D eigenvalue weighted by atomic mass is 16.7. The van der Waals surface area contributed by atoms with E-state index in [1.54, 1.807) is 6.08 Å². The molecule has 2 aliphatic heterocycles. The molecule has 1 amide bonds. The van der Waals surface area contributed by atoms with E-state index < -0.39 is 86.8 Å². The number of rotatable bonds is 39. The molecule has 0 aromatic carbocycles. The van der Waals surface area contributed by atoms with Gasteiger partial charge in [-0.3, -0.25) is 4.79 Å². The van der Waals surface area contributed by atoms with Gasteiger partial charge >= 0.3 is 0 Å². The zero-order valence-electron chi connectivity index (χ0n) is 42.0. The Hall–Kier alpha value is -2.83. The summed E-state index contributed by atoms with van der Waals surface area (Å²) in [6.45, 7) is 2.61. The molecule has 14 heteroatoms. The summed E-state index contributed by atoms with van der Waals surface area (Å²) in [7, 11) is 0. The van der Waals surface area contributed by atoms with E-state index in [9.17, 15) is 45.6 Å². The smallest absolute Gasteiger partial charge is 0.220 e. The molecule has 2 fully saturated rings. The van der Waals surface area contributed by atoms with Crippen LogP contribution in [0.1, 0.15) is 162 Å². The molecule has 12 atom stereocenters. The quantitative estimate of drug-likeness (QED) is 0.0217. The van der Waals surface area contributed by atoms with Crippen LogP contribution in [0.4, 0.5) is 0 Å². The first-order valence-electron chi connectivity index (χ1n) is 26.3. The SMILES string of the molecule is CC/C=C\C/C=C\C/C=C\C/C=C\C/C=C\C/C=C\CCCCCCCCC(=O)NC(COC1OC(CO)C(OC2OC(CO)C(O)C(O)C2O)C(O)C1O)C(O)/C=C/CCCCCCCCCC. The van der Waals surface area contributed by atoms with E-state index in [2.05, 4.69) is 92.1 Å². The molecule has 0 radical (unpaired) electrons. The predicted octanol–water partition coefficient (Wildman–Crippen LogP) is 7.38. The summed E-state index contributed by atoms with van der Waals surface area (Å²) in [4.78, 5) is 13.2. The van der Waals surface area contributed by atoms with Gasteiger partial charge in [0.25, 0.3) is 0 Å². The standard InChI is InChI=1S/C55H93NO13/c1-3-5-7-9-11-13-15-16-17-18-19-20-21-22-23-24-25-26-27-28-29-31-33-35-37-39-47(60)56-43(44(59)38-36-34-32-30-14-12-10-8-6-4-2)42-66-54-52(65)50(63)53(46(41-58)68-54)69-55-51(64)49(62)48(61)45(40-57)67-55/h5,7,11,13,16-17,19-20,22-23,25-26,36,38,43-46,48-55,57-59,61-65H,3-4,6,8-10,12,14-15,18,21,24,27-35,37,39-42H2,1-2H3,(H,56,60)/b7-5-,13-11-,17-16-,20-19-,23-22-,26-25-,38-36+. The van der Waals surface area contributed by atoms with Gasteiger partial charge in [-0.1, -0.05) is 170 Å². The van der Waals surface area contributed by atoms with E-state index in [1.165, 1.54) is 32.1 Å². The van der Waals surface area contributed by atoms with Crippen LogP contribution in [0.3, 0.4) is 0 Å². The second kappa shape index (κ2) is 40.7. The molecule has 396 valence electrons. The number of aliphatic hydroxyl groups is 8. The van der Waals surface area contributed by atoms with Gasteiger partial charge in [0.2, 0.25) is 5.91 Å². The van der Waals surface area contributed by atoms with Gasteiger partial charge in [0.1, 0.15) is 48.8 Å². The molecule has 9 N–H and O–H groups in total. The molecular weight excluding hydrogens is 883 g/mol. The number of ether oxygens (including phenoxy) is 4. The van der Waals surface area contributed by atoms with E-state index in [0.29, 0.717) is 6.42 Å². The van der Waals surface area contributed by atoms with E-state index in [0.717, 1.165) is 103 Å². The summed E-state index contributed by atoms with van der Waals surface area (Å²) in [6.07, 6.45) is 36.3. The fraction of sp³-hybridized carbons (Fsp3) is 0.727. The first-order valence-corrected chi connectivity index (χ1v) is 26.3. The number of hydrogen-bond acceptors (Lipinski definition) is 13. The van der Waals surface area contributed by atoms with E-state index in [4.69, 9.17) is 18.9 Å². The van der Waals surface area contributed by atoms with Crippen molar-refractivity contribution in [2.45, 2.75) is 235 Å². The van der Waals surface area contributed by atoms with Crippen LogP contribution in [0.25, 0.3) is 0 Å². The van der Waals surface area contributed by atoms with Gasteiger partial charge in [-0.05, 0) is 70.6 Å². The summed E-state index contributed by atoms with van der Waals surface area (Å²) in [6, 6.07) is -0.926. The molecule has 0 bridgehead atoms. The third-order valence-corrected chi connectivity index (χ3v) is 12.3. The van der Waals surface area contributed by atoms with Crippen molar-refractivity contribution in [3.05, 3.63) is 85.1 Å². The Bertz CT molecular complexity index is 1480. The third kappa shape index (κ3) is 27.5. The minimum atomic E-state index is -1.79. The Morgan fingerprint density at radius 1 is 0.536 bits per heavy atom. The lowest BCUT2D eigenvalue weighted by Crippen LogP contribution is -2.65. The Morgan fingerprint density at radius 3 is 1.54 bits per heavy atom. The molecule has 0 aliphatic carbocycles. The summed E-state index contributed by atoms with van der Waals surface area (Å²) >= 11 is 0. The fourth-order valence-electron chi connectivity index (χ4n) is 8.06. The highest BCUT2D eigenvalue weighted by molar-refractivity contribution is 5.76. The largest absolute Gasteiger partial charge is 0.394 e. The average Bonchev–Trinajstić information content (AvgIpc) is 3.35. The van der Waals surface area contributed by atoms with Gasteiger partial charge < -0.3 is 65.1 Å².